The predicted octanol–water partition coefficient (Wildman–Crippen LogP) is 3.74. The van der Waals surface area contributed by atoms with Crippen LogP contribution in [-0.2, 0) is 11.3 Å². The number of hydrogen-bond donors (Lipinski definition) is 4. The summed E-state index contributed by atoms with van der Waals surface area (Å²) in [5, 5.41) is 12.6. The Hall–Kier alpha value is -4.32. The lowest BCUT2D eigenvalue weighted by Crippen LogP contribution is -2.50. The normalized spacial score (nSPS) is 12.6. The molecule has 224 valence electrons. The van der Waals surface area contributed by atoms with Crippen LogP contribution >= 0.6 is 24.8 Å². The van der Waals surface area contributed by atoms with Crippen molar-refractivity contribution in [3.05, 3.63) is 95.6 Å². The molecule has 1 fully saturated rings. The molecule has 0 spiro atoms. The molecule has 1 aliphatic heterocycles. The van der Waals surface area contributed by atoms with Crippen molar-refractivity contribution in [2.45, 2.75) is 6.61 Å². The summed E-state index contributed by atoms with van der Waals surface area (Å²) in [7, 11) is 0. The molecule has 2 amide bonds. The second-order valence-corrected chi connectivity index (χ2v) is 9.15. The number of carbonyl (C=O) groups is 3. The molecule has 0 radical (unpaired) electrons. The van der Waals surface area contributed by atoms with Gasteiger partial charge in [-0.05, 0) is 54.1 Å². The SMILES string of the molecule is Cl.Cl.N=C(N)Nc1ccc(C(=O)Oc2ccc(C(=O)N3CCN(CCNC(=O)OCc4ccccc4)CC3)cc2)cc1. The van der Waals surface area contributed by atoms with Gasteiger partial charge in [0.05, 0.1) is 5.56 Å². The first-order chi connectivity index (χ1) is 19.4. The van der Waals surface area contributed by atoms with E-state index in [-0.39, 0.29) is 43.3 Å². The van der Waals surface area contributed by atoms with Crippen molar-refractivity contribution in [3.8, 4) is 5.75 Å². The maximum atomic E-state index is 13.0. The molecule has 13 heteroatoms. The van der Waals surface area contributed by atoms with E-state index < -0.39 is 12.1 Å². The second kappa shape index (κ2) is 16.8. The van der Waals surface area contributed by atoms with E-state index >= 15 is 0 Å². The number of nitrogens with zero attached hydrogens (tertiary/aromatic N) is 2. The number of carbonyl (C=O) groups excluding carboxylic acids is 3. The smallest absolute Gasteiger partial charge is 0.407 e. The molecular weight excluding hydrogens is 583 g/mol. The number of benzene rings is 3. The van der Waals surface area contributed by atoms with Crippen molar-refractivity contribution in [2.75, 3.05) is 44.6 Å². The number of halogens is 2. The first kappa shape index (κ1) is 33.9. The fraction of sp³-hybridized carbons (Fsp3) is 0.241. The van der Waals surface area contributed by atoms with Gasteiger partial charge in [-0.1, -0.05) is 30.3 Å². The Morgan fingerprint density at radius 3 is 2.07 bits per heavy atom. The van der Waals surface area contributed by atoms with Gasteiger partial charge in [-0.15, -0.1) is 24.8 Å². The van der Waals surface area contributed by atoms with Crippen molar-refractivity contribution in [1.29, 1.82) is 5.41 Å². The van der Waals surface area contributed by atoms with Gasteiger partial charge in [0.15, 0.2) is 5.96 Å². The zero-order chi connectivity index (χ0) is 28.3. The van der Waals surface area contributed by atoms with E-state index in [4.69, 9.17) is 20.6 Å². The summed E-state index contributed by atoms with van der Waals surface area (Å²) in [5.41, 5.74) is 7.66. The molecule has 0 bridgehead atoms. The van der Waals surface area contributed by atoms with Gasteiger partial charge in [0.2, 0.25) is 0 Å². The maximum Gasteiger partial charge on any atom is 0.407 e. The average Bonchev–Trinajstić information content (AvgIpc) is 2.97. The largest absolute Gasteiger partial charge is 0.445 e. The molecule has 0 aromatic heterocycles. The first-order valence-corrected chi connectivity index (χ1v) is 12.9. The number of nitrogens with one attached hydrogen (secondary N) is 3. The van der Waals surface area contributed by atoms with Crippen molar-refractivity contribution in [1.82, 2.24) is 15.1 Å². The third-order valence-electron chi connectivity index (χ3n) is 6.28. The predicted molar refractivity (Wildman–Crippen MR) is 165 cm³/mol. The number of rotatable bonds is 9. The van der Waals surface area contributed by atoms with Crippen molar-refractivity contribution in [2.24, 2.45) is 5.73 Å². The molecule has 1 aliphatic rings. The molecule has 0 atom stereocenters. The van der Waals surface area contributed by atoms with E-state index in [1.54, 1.807) is 53.4 Å². The molecule has 3 aromatic carbocycles. The van der Waals surface area contributed by atoms with Gasteiger partial charge < -0.3 is 30.7 Å². The van der Waals surface area contributed by atoms with Gasteiger partial charge >= 0.3 is 12.1 Å². The fourth-order valence-corrected chi connectivity index (χ4v) is 4.12. The number of anilines is 1. The van der Waals surface area contributed by atoms with E-state index in [2.05, 4.69) is 15.5 Å². The molecular formula is C29H34Cl2N6O5. The lowest BCUT2D eigenvalue weighted by atomic mass is 10.1. The van der Waals surface area contributed by atoms with Crippen LogP contribution in [0.4, 0.5) is 10.5 Å². The van der Waals surface area contributed by atoms with Crippen molar-refractivity contribution >= 4 is 54.4 Å². The van der Waals surface area contributed by atoms with Gasteiger partial charge in [0.1, 0.15) is 12.4 Å². The maximum absolute atomic E-state index is 13.0. The molecule has 0 unspecified atom stereocenters. The van der Waals surface area contributed by atoms with Crippen LogP contribution in [0.15, 0.2) is 78.9 Å². The van der Waals surface area contributed by atoms with Gasteiger partial charge in [-0.2, -0.15) is 0 Å². The molecule has 11 nitrogen and oxygen atoms in total. The third-order valence-corrected chi connectivity index (χ3v) is 6.28. The second-order valence-electron chi connectivity index (χ2n) is 9.15. The molecule has 1 saturated heterocycles. The molecule has 0 saturated carbocycles. The summed E-state index contributed by atoms with van der Waals surface area (Å²) in [6, 6.07) is 22.3. The summed E-state index contributed by atoms with van der Waals surface area (Å²) in [6.45, 7) is 3.89. The summed E-state index contributed by atoms with van der Waals surface area (Å²) in [6.07, 6.45) is -0.452. The quantitative estimate of drug-likeness (QED) is 0.123. The van der Waals surface area contributed by atoms with Gasteiger partial charge in [0, 0.05) is 50.5 Å². The summed E-state index contributed by atoms with van der Waals surface area (Å²) >= 11 is 0. The van der Waals surface area contributed by atoms with Crippen LogP contribution in [0.25, 0.3) is 0 Å². The van der Waals surface area contributed by atoms with E-state index in [0.29, 0.717) is 61.8 Å². The highest BCUT2D eigenvalue weighted by atomic mass is 35.5. The number of esters is 1. The molecule has 42 heavy (non-hydrogen) atoms. The molecule has 4 rings (SSSR count). The summed E-state index contributed by atoms with van der Waals surface area (Å²) in [4.78, 5) is 41.3. The zero-order valence-corrected chi connectivity index (χ0v) is 24.4. The highest BCUT2D eigenvalue weighted by Gasteiger charge is 2.22. The van der Waals surface area contributed by atoms with Crippen LogP contribution in [0.1, 0.15) is 26.3 Å². The van der Waals surface area contributed by atoms with E-state index in [1.165, 1.54) is 0 Å². The third kappa shape index (κ3) is 10.3. The standard InChI is InChI=1S/C29H32N6O5.2ClH/c30-28(31)33-24-10-6-23(7-11-24)27(37)40-25-12-8-22(9-13-25)26(36)35-18-16-34(17-19-35)15-14-32-29(38)39-20-21-4-2-1-3-5-21;;/h1-13H,14-20H2,(H,32,38)(H4,30,31,33);2*1H. The first-order valence-electron chi connectivity index (χ1n) is 12.9. The Morgan fingerprint density at radius 2 is 1.45 bits per heavy atom. The molecule has 0 aliphatic carbocycles. The molecule has 3 aromatic rings. The van der Waals surface area contributed by atoms with Crippen LogP contribution in [0, 0.1) is 5.41 Å². The summed E-state index contributed by atoms with van der Waals surface area (Å²) in [5.74, 6) is -0.498. The van der Waals surface area contributed by atoms with E-state index in [0.717, 1.165) is 5.56 Å². The highest BCUT2D eigenvalue weighted by molar-refractivity contribution is 5.95. The highest BCUT2D eigenvalue weighted by Crippen LogP contribution is 2.17. The van der Waals surface area contributed by atoms with Gasteiger partial charge in [-0.25, -0.2) is 9.59 Å². The molecule has 1 heterocycles. The summed E-state index contributed by atoms with van der Waals surface area (Å²) < 4.78 is 10.6. The number of hydrogen-bond acceptors (Lipinski definition) is 7. The van der Waals surface area contributed by atoms with Crippen molar-refractivity contribution < 1.29 is 23.9 Å². The average molecular weight is 618 g/mol. The number of nitrogens with two attached hydrogens (primary N) is 1. The Morgan fingerprint density at radius 1 is 0.833 bits per heavy atom. The number of piperazine rings is 1. The lowest BCUT2D eigenvalue weighted by Gasteiger charge is -2.34. The van der Waals surface area contributed by atoms with Gasteiger partial charge in [0.25, 0.3) is 5.91 Å². The minimum Gasteiger partial charge on any atom is -0.445 e. The molecule has 5 N–H and O–H groups in total. The number of ether oxygens (including phenoxy) is 2. The van der Waals surface area contributed by atoms with Crippen molar-refractivity contribution in [3.63, 3.8) is 0 Å². The lowest BCUT2D eigenvalue weighted by molar-refractivity contribution is 0.0638. The number of alkyl carbamates (subject to hydrolysis) is 1. The number of guanidine groups is 1. The van der Waals surface area contributed by atoms with E-state index in [9.17, 15) is 14.4 Å². The Kier molecular flexibility index (Phi) is 13.6. The zero-order valence-electron chi connectivity index (χ0n) is 22.8. The van der Waals surface area contributed by atoms with Crippen LogP contribution < -0.4 is 21.1 Å². The Bertz CT molecular complexity index is 1320. The van der Waals surface area contributed by atoms with E-state index in [1.807, 2.05) is 30.3 Å². The van der Waals surface area contributed by atoms with Crippen LogP contribution in [-0.4, -0.2) is 73.0 Å². The van der Waals surface area contributed by atoms with Gasteiger partial charge in [-0.3, -0.25) is 15.1 Å². The fourth-order valence-electron chi connectivity index (χ4n) is 4.12. The van der Waals surface area contributed by atoms with Crippen LogP contribution in [0.3, 0.4) is 0 Å². The Labute approximate surface area is 256 Å². The van der Waals surface area contributed by atoms with Crippen LogP contribution in [0.5, 0.6) is 5.75 Å². The monoisotopic (exact) mass is 616 g/mol. The minimum absolute atomic E-state index is 0. The Balaban J connectivity index is 0.00000308. The van der Waals surface area contributed by atoms with Crippen LogP contribution in [0.2, 0.25) is 0 Å². The minimum atomic E-state index is -0.538. The number of amides is 2. The topological polar surface area (TPSA) is 150 Å².